The molecule has 1 aliphatic heterocycles. The van der Waals surface area contributed by atoms with Crippen molar-refractivity contribution in [1.29, 1.82) is 0 Å². The van der Waals surface area contributed by atoms with Gasteiger partial charge in [-0.05, 0) is 42.3 Å². The summed E-state index contributed by atoms with van der Waals surface area (Å²) >= 11 is 1.11. The van der Waals surface area contributed by atoms with Crippen molar-refractivity contribution in [3.8, 4) is 11.5 Å². The van der Waals surface area contributed by atoms with Crippen LogP contribution in [0.3, 0.4) is 0 Å². The van der Waals surface area contributed by atoms with Crippen molar-refractivity contribution in [2.75, 3.05) is 5.32 Å². The lowest BCUT2D eigenvalue weighted by molar-refractivity contribution is -0.118. The largest absolute Gasteiger partial charge is 0.448 e. The molecule has 2 aliphatic rings. The molecule has 1 aromatic heterocycles. The second kappa shape index (κ2) is 7.62. The minimum atomic E-state index is -3.76. The van der Waals surface area contributed by atoms with Crippen molar-refractivity contribution in [3.05, 3.63) is 35.7 Å². The highest BCUT2D eigenvalue weighted by Crippen LogP contribution is 2.47. The molecule has 156 valence electrons. The number of benzene rings is 1. The Morgan fingerprint density at radius 3 is 2.52 bits per heavy atom. The minimum absolute atomic E-state index is 0.181. The van der Waals surface area contributed by atoms with Gasteiger partial charge in [0.1, 0.15) is 10.3 Å². The number of amides is 1. The van der Waals surface area contributed by atoms with Crippen molar-refractivity contribution in [2.45, 2.75) is 55.6 Å². The van der Waals surface area contributed by atoms with E-state index in [1.54, 1.807) is 43.5 Å². The molecule has 0 radical (unpaired) electrons. The van der Waals surface area contributed by atoms with Crippen LogP contribution < -0.4 is 19.5 Å². The van der Waals surface area contributed by atoms with E-state index in [1.165, 1.54) is 6.07 Å². The molecular formula is C20H24N2O5S2. The fraction of sp³-hybridized carbons (Fsp3) is 0.450. The summed E-state index contributed by atoms with van der Waals surface area (Å²) in [5.74, 6) is 0.0469. The molecule has 2 aromatic rings. The lowest BCUT2D eigenvalue weighted by Gasteiger charge is -2.21. The van der Waals surface area contributed by atoms with Crippen LogP contribution in [0.2, 0.25) is 0 Å². The van der Waals surface area contributed by atoms with Gasteiger partial charge in [0.15, 0.2) is 11.5 Å². The van der Waals surface area contributed by atoms with E-state index in [0.717, 1.165) is 37.0 Å². The molecule has 4 rings (SSSR count). The van der Waals surface area contributed by atoms with Crippen LogP contribution in [-0.4, -0.2) is 26.2 Å². The maximum atomic E-state index is 12.8. The van der Waals surface area contributed by atoms with Crippen LogP contribution in [0.5, 0.6) is 11.5 Å². The lowest BCUT2D eigenvalue weighted by Crippen LogP contribution is -2.46. The lowest BCUT2D eigenvalue weighted by atomic mass is 10.0. The Hall–Kier alpha value is -2.10. The van der Waals surface area contributed by atoms with E-state index in [-0.39, 0.29) is 10.1 Å². The normalized spacial score (nSPS) is 18.3. The van der Waals surface area contributed by atoms with E-state index >= 15 is 0 Å². The van der Waals surface area contributed by atoms with Crippen LogP contribution in [0.25, 0.3) is 0 Å². The van der Waals surface area contributed by atoms with Crippen LogP contribution >= 0.6 is 11.3 Å². The van der Waals surface area contributed by atoms with Gasteiger partial charge in [-0.3, -0.25) is 4.79 Å². The molecule has 1 atom stereocenters. The monoisotopic (exact) mass is 436 g/mol. The molecule has 1 amide bonds. The van der Waals surface area contributed by atoms with Gasteiger partial charge in [0.05, 0.1) is 0 Å². The standard InChI is InChI=1S/C20H24N2O5S2/c1-13(2)18(22-29(24,25)17-6-5-11-28-17)19(23)21-14-7-8-15-16(12-14)27-20(26-15)9-3-4-10-20/h5-8,11-13,18,22H,3-4,9-10H2,1-2H3,(H,21,23). The molecule has 1 fully saturated rings. The molecule has 9 heteroatoms. The third-order valence-electron chi connectivity index (χ3n) is 5.16. The molecule has 0 saturated heterocycles. The molecule has 1 saturated carbocycles. The first kappa shape index (κ1) is 20.2. The number of thiophene rings is 1. The highest BCUT2D eigenvalue weighted by molar-refractivity contribution is 7.91. The van der Waals surface area contributed by atoms with Gasteiger partial charge in [-0.1, -0.05) is 19.9 Å². The van der Waals surface area contributed by atoms with Gasteiger partial charge >= 0.3 is 0 Å². The Morgan fingerprint density at radius 1 is 1.14 bits per heavy atom. The van der Waals surface area contributed by atoms with E-state index in [9.17, 15) is 13.2 Å². The maximum absolute atomic E-state index is 12.8. The van der Waals surface area contributed by atoms with Gasteiger partial charge < -0.3 is 14.8 Å². The average Bonchev–Trinajstić information content (AvgIpc) is 3.40. The van der Waals surface area contributed by atoms with Gasteiger partial charge in [-0.25, -0.2) is 8.42 Å². The quantitative estimate of drug-likeness (QED) is 0.720. The zero-order chi connectivity index (χ0) is 20.6. The Balaban J connectivity index is 1.48. The van der Waals surface area contributed by atoms with Crippen molar-refractivity contribution in [1.82, 2.24) is 4.72 Å². The predicted octanol–water partition coefficient (Wildman–Crippen LogP) is 3.73. The summed E-state index contributed by atoms with van der Waals surface area (Å²) in [7, 11) is -3.76. The molecule has 1 aliphatic carbocycles. The molecule has 1 spiro atoms. The summed E-state index contributed by atoms with van der Waals surface area (Å²) in [6, 6.07) is 7.50. The van der Waals surface area contributed by atoms with E-state index in [1.807, 2.05) is 0 Å². The summed E-state index contributed by atoms with van der Waals surface area (Å²) in [6.07, 6.45) is 3.84. The number of nitrogens with one attached hydrogen (secondary N) is 2. The number of hydrogen-bond donors (Lipinski definition) is 2. The number of rotatable bonds is 6. The van der Waals surface area contributed by atoms with E-state index in [4.69, 9.17) is 9.47 Å². The number of anilines is 1. The van der Waals surface area contributed by atoms with Crippen LogP contribution in [-0.2, 0) is 14.8 Å². The number of carbonyl (C=O) groups excluding carboxylic acids is 1. The van der Waals surface area contributed by atoms with Crippen LogP contribution in [0.1, 0.15) is 39.5 Å². The molecule has 1 unspecified atom stereocenters. The fourth-order valence-corrected chi connectivity index (χ4v) is 6.00. The Labute approximate surface area is 174 Å². The van der Waals surface area contributed by atoms with E-state index in [2.05, 4.69) is 10.0 Å². The van der Waals surface area contributed by atoms with Gasteiger partial charge in [0, 0.05) is 24.6 Å². The Bertz CT molecular complexity index is 996. The van der Waals surface area contributed by atoms with Crippen molar-refractivity contribution in [3.63, 3.8) is 0 Å². The Kier molecular flexibility index (Phi) is 5.30. The first-order valence-electron chi connectivity index (χ1n) is 9.67. The number of carbonyl (C=O) groups is 1. The third-order valence-corrected chi connectivity index (χ3v) is 8.00. The average molecular weight is 437 g/mol. The maximum Gasteiger partial charge on any atom is 0.251 e. The van der Waals surface area contributed by atoms with Crippen LogP contribution in [0.15, 0.2) is 39.9 Å². The Morgan fingerprint density at radius 2 is 1.86 bits per heavy atom. The number of ether oxygens (including phenoxy) is 2. The highest BCUT2D eigenvalue weighted by atomic mass is 32.2. The number of fused-ring (bicyclic) bond motifs is 1. The summed E-state index contributed by atoms with van der Waals surface area (Å²) < 4.78 is 39.8. The molecule has 2 heterocycles. The molecule has 29 heavy (non-hydrogen) atoms. The van der Waals surface area contributed by atoms with Gasteiger partial charge in [0.2, 0.25) is 5.91 Å². The second-order valence-corrected chi connectivity index (χ2v) is 10.6. The zero-order valence-electron chi connectivity index (χ0n) is 16.3. The van der Waals surface area contributed by atoms with Gasteiger partial charge in [-0.15, -0.1) is 11.3 Å². The third kappa shape index (κ3) is 4.12. The first-order valence-corrected chi connectivity index (χ1v) is 12.0. The fourth-order valence-electron chi connectivity index (χ4n) is 3.64. The first-order chi connectivity index (χ1) is 13.8. The molecule has 2 N–H and O–H groups in total. The van der Waals surface area contributed by atoms with E-state index in [0.29, 0.717) is 17.2 Å². The van der Waals surface area contributed by atoms with Gasteiger partial charge in [0.25, 0.3) is 15.8 Å². The number of sulfonamides is 1. The summed E-state index contributed by atoms with van der Waals surface area (Å²) in [4.78, 5) is 12.8. The van der Waals surface area contributed by atoms with Crippen molar-refractivity contribution in [2.24, 2.45) is 5.92 Å². The summed E-state index contributed by atoms with van der Waals surface area (Å²) in [5.41, 5.74) is 0.536. The molecule has 1 aromatic carbocycles. The van der Waals surface area contributed by atoms with E-state index < -0.39 is 27.8 Å². The second-order valence-electron chi connectivity index (χ2n) is 7.75. The van der Waals surface area contributed by atoms with Gasteiger partial charge in [-0.2, -0.15) is 4.72 Å². The SMILES string of the molecule is CC(C)C(NS(=O)(=O)c1cccs1)C(=O)Nc1ccc2c(c1)OC1(CCCC1)O2. The molecule has 0 bridgehead atoms. The zero-order valence-corrected chi connectivity index (χ0v) is 17.9. The van der Waals surface area contributed by atoms with Crippen LogP contribution in [0, 0.1) is 5.92 Å². The predicted molar refractivity (Wildman–Crippen MR) is 111 cm³/mol. The topological polar surface area (TPSA) is 93.7 Å². The summed E-state index contributed by atoms with van der Waals surface area (Å²) in [6.45, 7) is 3.59. The number of hydrogen-bond acceptors (Lipinski definition) is 6. The molecular weight excluding hydrogens is 412 g/mol. The molecule has 7 nitrogen and oxygen atoms in total. The van der Waals surface area contributed by atoms with Crippen molar-refractivity contribution >= 4 is 33.0 Å². The van der Waals surface area contributed by atoms with Crippen molar-refractivity contribution < 1.29 is 22.7 Å². The highest BCUT2D eigenvalue weighted by Gasteiger charge is 2.44. The minimum Gasteiger partial charge on any atom is -0.448 e. The summed E-state index contributed by atoms with van der Waals surface area (Å²) in [5, 5.41) is 4.49. The van der Waals surface area contributed by atoms with Crippen LogP contribution in [0.4, 0.5) is 5.69 Å². The smallest absolute Gasteiger partial charge is 0.251 e.